The number of thiol groups is 1. The summed E-state index contributed by atoms with van der Waals surface area (Å²) in [6, 6.07) is 9.58. The van der Waals surface area contributed by atoms with Crippen LogP contribution in [0.3, 0.4) is 0 Å². The van der Waals surface area contributed by atoms with E-state index in [0.29, 0.717) is 19.4 Å². The van der Waals surface area contributed by atoms with Crippen molar-refractivity contribution in [2.24, 2.45) is 0 Å². The lowest BCUT2D eigenvalue weighted by atomic mass is 10.00. The van der Waals surface area contributed by atoms with Gasteiger partial charge in [0.15, 0.2) is 11.6 Å². The number of ketones is 2. The predicted octanol–water partition coefficient (Wildman–Crippen LogP) is 4.93. The van der Waals surface area contributed by atoms with Gasteiger partial charge in [-0.1, -0.05) is 56.3 Å². The molecule has 2 heterocycles. The minimum absolute atomic E-state index is 0.160. The fourth-order valence-electron chi connectivity index (χ4n) is 3.46. The van der Waals surface area contributed by atoms with Crippen LogP contribution < -0.4 is 0 Å². The number of ether oxygens (including phenoxy) is 4. The molecule has 4 atom stereocenters. The zero-order chi connectivity index (χ0) is 27.3. The molecule has 0 saturated carbocycles. The van der Waals surface area contributed by atoms with E-state index in [9.17, 15) is 14.4 Å². The predicted molar refractivity (Wildman–Crippen MR) is 145 cm³/mol. The normalized spacial score (nSPS) is 22.2. The van der Waals surface area contributed by atoms with Crippen LogP contribution in [0, 0.1) is 0 Å². The molecule has 0 aromatic heterocycles. The lowest BCUT2D eigenvalue weighted by Crippen LogP contribution is -2.35. The van der Waals surface area contributed by atoms with E-state index in [4.69, 9.17) is 18.9 Å². The Labute approximate surface area is 221 Å². The van der Waals surface area contributed by atoms with Crippen molar-refractivity contribution in [1.82, 2.24) is 0 Å². The van der Waals surface area contributed by atoms with Crippen molar-refractivity contribution < 1.29 is 33.3 Å². The van der Waals surface area contributed by atoms with Crippen LogP contribution >= 0.6 is 12.6 Å². The summed E-state index contributed by atoms with van der Waals surface area (Å²) in [6.07, 6.45) is 5.19. The molecule has 0 aliphatic carbocycles. The van der Waals surface area contributed by atoms with E-state index < -0.39 is 24.4 Å². The monoisotopic (exact) mass is 522 g/mol. The molecular weight excluding hydrogens is 480 g/mol. The Bertz CT molecular complexity index is 794. The summed E-state index contributed by atoms with van der Waals surface area (Å²) < 4.78 is 22.3. The number of rotatable bonds is 9. The Morgan fingerprint density at radius 1 is 1.17 bits per heavy atom. The summed E-state index contributed by atoms with van der Waals surface area (Å²) in [4.78, 5) is 35.9. The molecule has 202 valence electrons. The lowest BCUT2D eigenvalue weighted by molar-refractivity contribution is -0.141. The van der Waals surface area contributed by atoms with Crippen molar-refractivity contribution in [2.75, 3.05) is 19.5 Å². The van der Waals surface area contributed by atoms with Gasteiger partial charge in [0.1, 0.15) is 18.3 Å². The van der Waals surface area contributed by atoms with Crippen LogP contribution in [0.5, 0.6) is 0 Å². The molecule has 36 heavy (non-hydrogen) atoms. The third-order valence-electron chi connectivity index (χ3n) is 4.91. The average Bonchev–Trinajstić information content (AvgIpc) is 3.19. The Kier molecular flexibility index (Phi) is 19.6. The molecule has 0 amide bonds. The second kappa shape index (κ2) is 20.9. The molecule has 3 rings (SSSR count). The SMILES string of the molecule is C=CC.CC.CC(=O)OCCC[C@H]1O[C@@H](C[C@H]2OCC=CC2=O)C(=O)[C@H]1OCc1ccccc1.CS. The number of hydrogen-bond acceptors (Lipinski definition) is 8. The van der Waals surface area contributed by atoms with Crippen LogP contribution in [0.4, 0.5) is 0 Å². The van der Waals surface area contributed by atoms with E-state index in [-0.39, 0.29) is 37.2 Å². The number of Topliss-reactive ketones (excluding diaryl/α,β-unsaturated/α-hetero) is 1. The number of allylic oxidation sites excluding steroid dienone is 1. The second-order valence-electron chi connectivity index (χ2n) is 7.54. The molecule has 0 unspecified atom stereocenters. The maximum absolute atomic E-state index is 12.9. The van der Waals surface area contributed by atoms with Crippen LogP contribution in [0.1, 0.15) is 52.5 Å². The highest BCUT2D eigenvalue weighted by atomic mass is 32.1. The summed E-state index contributed by atoms with van der Waals surface area (Å²) in [5.74, 6) is -0.679. The molecule has 0 bridgehead atoms. The molecule has 2 aliphatic rings. The fourth-order valence-corrected chi connectivity index (χ4v) is 3.46. The van der Waals surface area contributed by atoms with Crippen molar-refractivity contribution in [2.45, 2.75) is 78.0 Å². The summed E-state index contributed by atoms with van der Waals surface area (Å²) >= 11 is 3.53. The molecule has 1 fully saturated rings. The van der Waals surface area contributed by atoms with Gasteiger partial charge in [-0.3, -0.25) is 14.4 Å². The molecule has 7 nitrogen and oxygen atoms in total. The van der Waals surface area contributed by atoms with Gasteiger partial charge in [-0.05, 0) is 37.7 Å². The molecule has 0 radical (unpaired) electrons. The first-order chi connectivity index (χ1) is 17.5. The Balaban J connectivity index is 0.00000159. The van der Waals surface area contributed by atoms with Crippen LogP contribution in [0.2, 0.25) is 0 Å². The first-order valence-corrected chi connectivity index (χ1v) is 13.2. The van der Waals surface area contributed by atoms with E-state index in [1.54, 1.807) is 18.4 Å². The largest absolute Gasteiger partial charge is 0.466 e. The topological polar surface area (TPSA) is 88.1 Å². The molecule has 0 spiro atoms. The van der Waals surface area contributed by atoms with Gasteiger partial charge in [0.2, 0.25) is 0 Å². The molecular formula is C28H42O7S. The van der Waals surface area contributed by atoms with Crippen LogP contribution in [0.25, 0.3) is 0 Å². The molecule has 0 N–H and O–H groups in total. The minimum Gasteiger partial charge on any atom is -0.466 e. The van der Waals surface area contributed by atoms with Gasteiger partial charge >= 0.3 is 5.97 Å². The number of hydrogen-bond donors (Lipinski definition) is 1. The van der Waals surface area contributed by atoms with E-state index in [1.165, 1.54) is 13.0 Å². The van der Waals surface area contributed by atoms with Crippen molar-refractivity contribution in [1.29, 1.82) is 0 Å². The van der Waals surface area contributed by atoms with Crippen molar-refractivity contribution in [3.8, 4) is 0 Å². The Hall–Kier alpha value is -2.26. The molecule has 1 saturated heterocycles. The van der Waals surface area contributed by atoms with Gasteiger partial charge in [0.25, 0.3) is 0 Å². The highest BCUT2D eigenvalue weighted by Crippen LogP contribution is 2.28. The van der Waals surface area contributed by atoms with Gasteiger partial charge in [-0.15, -0.1) is 6.58 Å². The van der Waals surface area contributed by atoms with Crippen LogP contribution in [0.15, 0.2) is 55.1 Å². The number of benzene rings is 1. The summed E-state index contributed by atoms with van der Waals surface area (Å²) in [5, 5.41) is 0. The maximum atomic E-state index is 12.9. The summed E-state index contributed by atoms with van der Waals surface area (Å²) in [6.45, 7) is 11.5. The fraction of sp³-hybridized carbons (Fsp3) is 0.536. The van der Waals surface area contributed by atoms with Crippen LogP contribution in [-0.4, -0.2) is 61.4 Å². The summed E-state index contributed by atoms with van der Waals surface area (Å²) in [7, 11) is 0. The van der Waals surface area contributed by atoms with E-state index >= 15 is 0 Å². The third kappa shape index (κ3) is 12.6. The molecule has 1 aromatic rings. The third-order valence-corrected chi connectivity index (χ3v) is 4.91. The quantitative estimate of drug-likeness (QED) is 0.213. The smallest absolute Gasteiger partial charge is 0.302 e. The molecule has 8 heteroatoms. The van der Waals surface area contributed by atoms with Gasteiger partial charge in [0, 0.05) is 13.3 Å². The van der Waals surface area contributed by atoms with E-state index in [2.05, 4.69) is 19.2 Å². The average molecular weight is 523 g/mol. The van der Waals surface area contributed by atoms with Crippen molar-refractivity contribution in [3.05, 3.63) is 60.7 Å². The Morgan fingerprint density at radius 2 is 1.81 bits per heavy atom. The second-order valence-corrected chi connectivity index (χ2v) is 7.54. The number of carbonyl (C=O) groups is 3. The zero-order valence-corrected chi connectivity index (χ0v) is 23.1. The first kappa shape index (κ1) is 33.7. The standard InChI is InChI=1S/C22H26O7.C3H6.C2H6.CH4S/c1-15(23)26-11-6-10-18-22(28-14-16-7-3-2-4-8-16)21(25)20(29-18)13-19-17(24)9-5-12-27-19;1-3-2;2*1-2/h2-5,7-9,18-20,22H,6,10-14H2,1H3;3H,1H2,2H3;1-2H3;2H,1H3/t18-,19-,20+,22+;;;/m1.../s1. The van der Waals surface area contributed by atoms with Gasteiger partial charge in [-0.2, -0.15) is 12.6 Å². The zero-order valence-electron chi connectivity index (χ0n) is 22.2. The van der Waals surface area contributed by atoms with E-state index in [1.807, 2.05) is 51.1 Å². The first-order valence-electron chi connectivity index (χ1n) is 12.3. The summed E-state index contributed by atoms with van der Waals surface area (Å²) in [5.41, 5.74) is 0.957. The highest BCUT2D eigenvalue weighted by Gasteiger charge is 2.45. The van der Waals surface area contributed by atoms with Gasteiger partial charge < -0.3 is 18.9 Å². The minimum atomic E-state index is -0.755. The van der Waals surface area contributed by atoms with Gasteiger partial charge in [-0.25, -0.2) is 0 Å². The van der Waals surface area contributed by atoms with E-state index in [0.717, 1.165) is 5.56 Å². The molecule has 1 aromatic carbocycles. The maximum Gasteiger partial charge on any atom is 0.302 e. The Morgan fingerprint density at radius 3 is 2.39 bits per heavy atom. The van der Waals surface area contributed by atoms with Gasteiger partial charge in [0.05, 0.1) is 25.9 Å². The van der Waals surface area contributed by atoms with Crippen molar-refractivity contribution in [3.63, 3.8) is 0 Å². The molecule has 2 aliphatic heterocycles. The van der Waals surface area contributed by atoms with Crippen molar-refractivity contribution >= 4 is 30.2 Å². The highest BCUT2D eigenvalue weighted by molar-refractivity contribution is 7.79. The van der Waals surface area contributed by atoms with Crippen LogP contribution in [-0.2, 0) is 39.9 Å². The number of carbonyl (C=O) groups excluding carboxylic acids is 3. The number of esters is 1. The lowest BCUT2D eigenvalue weighted by Gasteiger charge is -2.20.